The largest absolute Gasteiger partial charge is 0.497 e. The first-order valence-electron chi connectivity index (χ1n) is 10.4. The van der Waals surface area contributed by atoms with Crippen LogP contribution in [0.15, 0.2) is 48.5 Å². The molecule has 2 amide bonds. The normalized spacial score (nSPS) is 15.0. The number of nitrogens with one attached hydrogen (secondary N) is 1. The van der Waals surface area contributed by atoms with Crippen LogP contribution in [-0.2, 0) is 29.1 Å². The number of ether oxygens (including phenoxy) is 2. The van der Waals surface area contributed by atoms with Crippen LogP contribution in [0, 0.1) is 5.92 Å². The first-order valence-corrected chi connectivity index (χ1v) is 10.4. The summed E-state index contributed by atoms with van der Waals surface area (Å²) in [6.45, 7) is 5.30. The van der Waals surface area contributed by atoms with Gasteiger partial charge in [0.1, 0.15) is 18.4 Å². The summed E-state index contributed by atoms with van der Waals surface area (Å²) in [6, 6.07) is 14.8. The van der Waals surface area contributed by atoms with Crippen LogP contribution >= 0.6 is 0 Å². The molecule has 0 saturated carbocycles. The Hall–Kier alpha value is -3.02. The van der Waals surface area contributed by atoms with Crippen molar-refractivity contribution < 1.29 is 19.1 Å². The van der Waals surface area contributed by atoms with Crippen LogP contribution in [0.2, 0.25) is 0 Å². The molecule has 2 aromatic rings. The number of benzene rings is 2. The van der Waals surface area contributed by atoms with Gasteiger partial charge < -0.3 is 19.7 Å². The molecule has 0 aromatic heterocycles. The standard InChI is InChI=1S/C24H30N2O4/c1-4-17(2)22(25-24(28)30-16-18-8-6-5-7-9-18)23(27)26-13-12-19-10-11-21(29-3)14-20(19)15-26/h5-11,14,17,22H,4,12-13,15-16H2,1-3H3,(H,25,28)/t17-,22-/m0/s1. The lowest BCUT2D eigenvalue weighted by Gasteiger charge is -2.34. The van der Waals surface area contributed by atoms with Crippen molar-refractivity contribution in [1.82, 2.24) is 10.2 Å². The Bertz CT molecular complexity index is 869. The van der Waals surface area contributed by atoms with Gasteiger partial charge in [-0.15, -0.1) is 0 Å². The molecule has 1 heterocycles. The fraction of sp³-hybridized carbons (Fsp3) is 0.417. The number of fused-ring (bicyclic) bond motifs is 1. The molecule has 160 valence electrons. The number of alkyl carbamates (subject to hydrolysis) is 1. The van der Waals surface area contributed by atoms with Crippen LogP contribution < -0.4 is 10.1 Å². The van der Waals surface area contributed by atoms with Crippen molar-refractivity contribution >= 4 is 12.0 Å². The quantitative estimate of drug-likeness (QED) is 0.751. The van der Waals surface area contributed by atoms with E-state index in [1.165, 1.54) is 5.56 Å². The predicted molar refractivity (Wildman–Crippen MR) is 115 cm³/mol. The van der Waals surface area contributed by atoms with Gasteiger partial charge in [-0.2, -0.15) is 0 Å². The third kappa shape index (κ3) is 5.32. The van der Waals surface area contributed by atoms with Crippen LogP contribution in [0.1, 0.15) is 37.0 Å². The second-order valence-electron chi connectivity index (χ2n) is 7.71. The van der Waals surface area contributed by atoms with E-state index in [9.17, 15) is 9.59 Å². The minimum absolute atomic E-state index is 0.00604. The molecule has 3 rings (SSSR count). The van der Waals surface area contributed by atoms with Gasteiger partial charge in [0.25, 0.3) is 0 Å². The molecule has 2 aromatic carbocycles. The molecule has 0 saturated heterocycles. The third-order valence-corrected chi connectivity index (χ3v) is 5.70. The zero-order chi connectivity index (χ0) is 21.5. The Morgan fingerprint density at radius 2 is 1.90 bits per heavy atom. The zero-order valence-corrected chi connectivity index (χ0v) is 17.9. The average molecular weight is 411 g/mol. The summed E-state index contributed by atoms with van der Waals surface area (Å²) in [7, 11) is 1.64. The number of nitrogens with zero attached hydrogens (tertiary/aromatic N) is 1. The molecule has 6 nitrogen and oxygen atoms in total. The molecule has 0 spiro atoms. The van der Waals surface area contributed by atoms with Crippen molar-refractivity contribution in [3.05, 3.63) is 65.2 Å². The summed E-state index contributed by atoms with van der Waals surface area (Å²) < 4.78 is 10.7. The van der Waals surface area contributed by atoms with Crippen molar-refractivity contribution in [3.8, 4) is 5.75 Å². The topological polar surface area (TPSA) is 67.9 Å². The molecule has 0 fully saturated rings. The van der Waals surface area contributed by atoms with Gasteiger partial charge in [0.15, 0.2) is 0 Å². The number of amides is 2. The highest BCUT2D eigenvalue weighted by Crippen LogP contribution is 2.25. The summed E-state index contributed by atoms with van der Waals surface area (Å²) in [6.07, 6.45) is 0.987. The van der Waals surface area contributed by atoms with Gasteiger partial charge in [-0.3, -0.25) is 4.79 Å². The molecule has 1 aliphatic rings. The van der Waals surface area contributed by atoms with Gasteiger partial charge in [-0.25, -0.2) is 4.79 Å². The van der Waals surface area contributed by atoms with E-state index in [0.717, 1.165) is 29.7 Å². The van der Waals surface area contributed by atoms with E-state index in [4.69, 9.17) is 9.47 Å². The van der Waals surface area contributed by atoms with Crippen molar-refractivity contribution in [1.29, 1.82) is 0 Å². The van der Waals surface area contributed by atoms with E-state index >= 15 is 0 Å². The SMILES string of the molecule is CC[C@H](C)[C@H](NC(=O)OCc1ccccc1)C(=O)N1CCc2ccc(OC)cc2C1. The zero-order valence-electron chi connectivity index (χ0n) is 17.9. The predicted octanol–water partition coefficient (Wildman–Crippen LogP) is 3.92. The van der Waals surface area contributed by atoms with E-state index in [2.05, 4.69) is 11.4 Å². The maximum atomic E-state index is 13.3. The number of carbonyl (C=O) groups is 2. The van der Waals surface area contributed by atoms with Crippen molar-refractivity contribution in [2.75, 3.05) is 13.7 Å². The Labute approximate surface area is 178 Å². The van der Waals surface area contributed by atoms with E-state index < -0.39 is 12.1 Å². The van der Waals surface area contributed by atoms with E-state index in [1.54, 1.807) is 7.11 Å². The van der Waals surface area contributed by atoms with Gasteiger partial charge in [0, 0.05) is 13.1 Å². The van der Waals surface area contributed by atoms with Gasteiger partial charge in [-0.05, 0) is 41.2 Å². The molecule has 6 heteroatoms. The maximum Gasteiger partial charge on any atom is 0.408 e. The molecular weight excluding hydrogens is 380 g/mol. The third-order valence-electron chi connectivity index (χ3n) is 5.70. The average Bonchev–Trinajstić information content (AvgIpc) is 2.80. The van der Waals surface area contributed by atoms with Crippen molar-refractivity contribution in [3.63, 3.8) is 0 Å². The van der Waals surface area contributed by atoms with Crippen LogP contribution in [0.25, 0.3) is 0 Å². The smallest absolute Gasteiger partial charge is 0.408 e. The number of hydrogen-bond donors (Lipinski definition) is 1. The van der Waals surface area contributed by atoms with Gasteiger partial charge in [0.05, 0.1) is 7.11 Å². The minimum atomic E-state index is -0.620. The highest BCUT2D eigenvalue weighted by Gasteiger charge is 2.32. The molecule has 2 atom stereocenters. The van der Waals surface area contributed by atoms with Crippen LogP contribution in [0.5, 0.6) is 5.75 Å². The lowest BCUT2D eigenvalue weighted by atomic mass is 9.95. The summed E-state index contributed by atoms with van der Waals surface area (Å²) in [5.74, 6) is 0.701. The summed E-state index contributed by atoms with van der Waals surface area (Å²) in [4.78, 5) is 27.5. The number of rotatable bonds is 7. The Kier molecular flexibility index (Phi) is 7.33. The second kappa shape index (κ2) is 10.1. The molecule has 1 N–H and O–H groups in total. The van der Waals surface area contributed by atoms with Gasteiger partial charge >= 0.3 is 6.09 Å². The number of methoxy groups -OCH3 is 1. The highest BCUT2D eigenvalue weighted by molar-refractivity contribution is 5.86. The summed E-state index contributed by atoms with van der Waals surface area (Å²) in [5, 5.41) is 2.80. The van der Waals surface area contributed by atoms with Gasteiger partial charge in [-0.1, -0.05) is 56.7 Å². The number of hydrogen-bond acceptors (Lipinski definition) is 4. The Morgan fingerprint density at radius 3 is 2.60 bits per heavy atom. The fourth-order valence-corrected chi connectivity index (χ4v) is 3.62. The first kappa shape index (κ1) is 21.7. The summed E-state index contributed by atoms with van der Waals surface area (Å²) in [5.41, 5.74) is 3.22. The lowest BCUT2D eigenvalue weighted by Crippen LogP contribution is -2.52. The van der Waals surface area contributed by atoms with E-state index in [-0.39, 0.29) is 18.4 Å². The van der Waals surface area contributed by atoms with E-state index in [0.29, 0.717) is 13.1 Å². The Morgan fingerprint density at radius 1 is 1.13 bits per heavy atom. The number of carbonyl (C=O) groups excluding carboxylic acids is 2. The van der Waals surface area contributed by atoms with Crippen LogP contribution in [0.3, 0.4) is 0 Å². The maximum absolute atomic E-state index is 13.3. The highest BCUT2D eigenvalue weighted by atomic mass is 16.5. The molecule has 1 aliphatic heterocycles. The fourth-order valence-electron chi connectivity index (χ4n) is 3.62. The van der Waals surface area contributed by atoms with Crippen LogP contribution in [0.4, 0.5) is 4.79 Å². The Balaban J connectivity index is 1.65. The second-order valence-corrected chi connectivity index (χ2v) is 7.71. The van der Waals surface area contributed by atoms with Gasteiger partial charge in [0.2, 0.25) is 5.91 Å². The molecule has 30 heavy (non-hydrogen) atoms. The van der Waals surface area contributed by atoms with Crippen molar-refractivity contribution in [2.45, 2.75) is 45.9 Å². The molecule has 0 bridgehead atoms. The van der Waals surface area contributed by atoms with E-state index in [1.807, 2.05) is 61.2 Å². The summed E-state index contributed by atoms with van der Waals surface area (Å²) >= 11 is 0. The molecular formula is C24H30N2O4. The van der Waals surface area contributed by atoms with Crippen LogP contribution in [-0.4, -0.2) is 36.6 Å². The lowest BCUT2D eigenvalue weighted by molar-refractivity contribution is -0.135. The first-order chi connectivity index (χ1) is 14.5. The van der Waals surface area contributed by atoms with Crippen molar-refractivity contribution in [2.24, 2.45) is 5.92 Å². The molecule has 0 unspecified atom stereocenters. The minimum Gasteiger partial charge on any atom is -0.497 e. The molecule has 0 radical (unpaired) electrons. The monoisotopic (exact) mass is 410 g/mol. The molecule has 0 aliphatic carbocycles.